The number of benzene rings is 2. The van der Waals surface area contributed by atoms with Gasteiger partial charge in [0.15, 0.2) is 0 Å². The van der Waals surface area contributed by atoms with Crippen LogP contribution < -0.4 is 11.0 Å². The quantitative estimate of drug-likeness (QED) is 0.549. The van der Waals surface area contributed by atoms with Crippen LogP contribution in [-0.4, -0.2) is 20.4 Å². The van der Waals surface area contributed by atoms with E-state index >= 15 is 0 Å². The highest BCUT2D eigenvalue weighted by atomic mass is 32.1. The average Bonchev–Trinajstić information content (AvgIpc) is 3.27. The molecule has 0 radical (unpaired) electrons. The molecule has 0 saturated heterocycles. The first-order valence-electron chi connectivity index (χ1n) is 8.72. The van der Waals surface area contributed by atoms with E-state index in [9.17, 15) is 9.59 Å². The SMILES string of the molecule is Cc1csc(-c2ccc(C(=O)Nc3cccc(-n4c(C)c[nH]c4=O)c3)cc2)n1. The molecule has 7 heteroatoms. The molecule has 0 aliphatic heterocycles. The van der Waals surface area contributed by atoms with Gasteiger partial charge < -0.3 is 10.3 Å². The fourth-order valence-electron chi connectivity index (χ4n) is 2.95. The van der Waals surface area contributed by atoms with Crippen molar-refractivity contribution in [1.82, 2.24) is 14.5 Å². The molecule has 0 aliphatic carbocycles. The Balaban J connectivity index is 1.54. The molecule has 2 heterocycles. The third-order valence-electron chi connectivity index (χ3n) is 4.34. The van der Waals surface area contributed by atoms with E-state index < -0.39 is 0 Å². The van der Waals surface area contributed by atoms with Gasteiger partial charge in [-0.15, -0.1) is 11.3 Å². The fourth-order valence-corrected chi connectivity index (χ4v) is 3.76. The smallest absolute Gasteiger partial charge is 0.322 e. The highest BCUT2D eigenvalue weighted by Gasteiger charge is 2.10. The Morgan fingerprint density at radius 2 is 1.93 bits per heavy atom. The molecule has 0 saturated carbocycles. The van der Waals surface area contributed by atoms with Gasteiger partial charge in [-0.1, -0.05) is 18.2 Å². The normalized spacial score (nSPS) is 10.8. The zero-order chi connectivity index (χ0) is 19.7. The van der Waals surface area contributed by atoms with Crippen molar-refractivity contribution in [3.63, 3.8) is 0 Å². The Morgan fingerprint density at radius 3 is 2.57 bits per heavy atom. The lowest BCUT2D eigenvalue weighted by Crippen LogP contribution is -2.16. The first-order chi connectivity index (χ1) is 13.5. The van der Waals surface area contributed by atoms with Gasteiger partial charge in [0.25, 0.3) is 5.91 Å². The van der Waals surface area contributed by atoms with Crippen LogP contribution in [0.25, 0.3) is 16.3 Å². The van der Waals surface area contributed by atoms with Crippen LogP contribution in [0.1, 0.15) is 21.7 Å². The van der Waals surface area contributed by atoms with Gasteiger partial charge in [-0.3, -0.25) is 9.36 Å². The fraction of sp³-hybridized carbons (Fsp3) is 0.0952. The molecule has 6 nitrogen and oxygen atoms in total. The molecule has 0 spiro atoms. The van der Waals surface area contributed by atoms with Crippen molar-refractivity contribution in [2.75, 3.05) is 5.32 Å². The van der Waals surface area contributed by atoms with E-state index in [4.69, 9.17) is 0 Å². The van der Waals surface area contributed by atoms with E-state index in [1.807, 2.05) is 37.4 Å². The number of aromatic nitrogens is 3. The molecular weight excluding hydrogens is 372 g/mol. The highest BCUT2D eigenvalue weighted by molar-refractivity contribution is 7.13. The summed E-state index contributed by atoms with van der Waals surface area (Å²) in [6.07, 6.45) is 1.65. The van der Waals surface area contributed by atoms with Crippen LogP contribution in [0.4, 0.5) is 5.69 Å². The van der Waals surface area contributed by atoms with Crippen LogP contribution in [0.3, 0.4) is 0 Å². The molecule has 2 aromatic heterocycles. The van der Waals surface area contributed by atoms with Crippen molar-refractivity contribution in [3.05, 3.63) is 87.5 Å². The standard InChI is InChI=1S/C21H18N4O2S/c1-13-12-28-20(23-13)16-8-6-15(7-9-16)19(26)24-17-4-3-5-18(10-17)25-14(2)11-22-21(25)27/h3-12H,1-2H3,(H,22,27)(H,24,26). The zero-order valence-corrected chi connectivity index (χ0v) is 16.2. The van der Waals surface area contributed by atoms with Gasteiger partial charge in [-0.25, -0.2) is 9.78 Å². The Bertz CT molecular complexity index is 1200. The number of nitrogens with zero attached hydrogens (tertiary/aromatic N) is 2. The van der Waals surface area contributed by atoms with Crippen LogP contribution in [0.5, 0.6) is 0 Å². The number of nitrogens with one attached hydrogen (secondary N) is 2. The number of hydrogen-bond acceptors (Lipinski definition) is 4. The third-order valence-corrected chi connectivity index (χ3v) is 5.34. The Kier molecular flexibility index (Phi) is 4.67. The summed E-state index contributed by atoms with van der Waals surface area (Å²) >= 11 is 1.58. The topological polar surface area (TPSA) is 79.8 Å². The molecule has 28 heavy (non-hydrogen) atoms. The molecular formula is C21H18N4O2S. The monoisotopic (exact) mass is 390 g/mol. The second kappa shape index (κ2) is 7.28. The Labute approximate surface area is 165 Å². The van der Waals surface area contributed by atoms with E-state index in [1.165, 1.54) is 0 Å². The molecule has 1 amide bonds. The van der Waals surface area contributed by atoms with Gasteiger partial charge in [0.1, 0.15) is 5.01 Å². The third kappa shape index (κ3) is 3.52. The number of rotatable bonds is 4. The number of aryl methyl sites for hydroxylation is 2. The predicted octanol–water partition coefficient (Wildman–Crippen LogP) is 4.16. The number of aromatic amines is 1. The summed E-state index contributed by atoms with van der Waals surface area (Å²) in [5.41, 5.74) is 4.41. The van der Waals surface area contributed by atoms with E-state index in [0.29, 0.717) is 16.9 Å². The van der Waals surface area contributed by atoms with Gasteiger partial charge in [0.2, 0.25) is 0 Å². The lowest BCUT2D eigenvalue weighted by atomic mass is 10.1. The van der Waals surface area contributed by atoms with E-state index in [2.05, 4.69) is 15.3 Å². The zero-order valence-electron chi connectivity index (χ0n) is 15.4. The van der Waals surface area contributed by atoms with Crippen LogP contribution in [0.2, 0.25) is 0 Å². The summed E-state index contributed by atoms with van der Waals surface area (Å²) in [5, 5.41) is 5.82. The van der Waals surface area contributed by atoms with Crippen molar-refractivity contribution in [3.8, 4) is 16.3 Å². The van der Waals surface area contributed by atoms with Crippen molar-refractivity contribution in [2.24, 2.45) is 0 Å². The number of thiazole rings is 1. The van der Waals surface area contributed by atoms with Gasteiger partial charge in [0, 0.05) is 39.8 Å². The number of carbonyl (C=O) groups is 1. The average molecular weight is 390 g/mol. The minimum absolute atomic E-state index is 0.211. The second-order valence-electron chi connectivity index (χ2n) is 6.45. The maximum atomic E-state index is 12.6. The minimum Gasteiger partial charge on any atom is -0.322 e. The van der Waals surface area contributed by atoms with Crippen LogP contribution in [0.15, 0.2) is 64.9 Å². The molecule has 140 valence electrons. The summed E-state index contributed by atoms with van der Waals surface area (Å²) in [5.74, 6) is -0.211. The summed E-state index contributed by atoms with van der Waals surface area (Å²) in [6, 6.07) is 14.5. The second-order valence-corrected chi connectivity index (χ2v) is 7.30. The Hall–Kier alpha value is -3.45. The largest absolute Gasteiger partial charge is 0.330 e. The molecule has 2 N–H and O–H groups in total. The van der Waals surface area contributed by atoms with Crippen molar-refractivity contribution in [1.29, 1.82) is 0 Å². The summed E-state index contributed by atoms with van der Waals surface area (Å²) in [4.78, 5) is 31.7. The van der Waals surface area contributed by atoms with Crippen LogP contribution in [-0.2, 0) is 0 Å². The molecule has 2 aromatic carbocycles. The van der Waals surface area contributed by atoms with Gasteiger partial charge >= 0.3 is 5.69 Å². The lowest BCUT2D eigenvalue weighted by Gasteiger charge is -2.09. The number of anilines is 1. The maximum absolute atomic E-state index is 12.6. The first-order valence-corrected chi connectivity index (χ1v) is 9.60. The van der Waals surface area contributed by atoms with Crippen molar-refractivity contribution < 1.29 is 4.79 Å². The molecule has 0 atom stereocenters. The first kappa shape index (κ1) is 17.9. The van der Waals surface area contributed by atoms with Crippen molar-refractivity contribution in [2.45, 2.75) is 13.8 Å². The van der Waals surface area contributed by atoms with Crippen LogP contribution >= 0.6 is 11.3 Å². The van der Waals surface area contributed by atoms with E-state index in [-0.39, 0.29) is 11.6 Å². The van der Waals surface area contributed by atoms with Gasteiger partial charge in [0.05, 0.1) is 5.69 Å². The number of H-pyrrole nitrogens is 1. The van der Waals surface area contributed by atoms with Crippen LogP contribution in [0, 0.1) is 13.8 Å². The molecule has 0 aliphatic rings. The minimum atomic E-state index is -0.214. The number of hydrogen-bond donors (Lipinski definition) is 2. The van der Waals surface area contributed by atoms with Crippen molar-refractivity contribution >= 4 is 22.9 Å². The highest BCUT2D eigenvalue weighted by Crippen LogP contribution is 2.24. The molecule has 4 aromatic rings. The Morgan fingerprint density at radius 1 is 1.14 bits per heavy atom. The maximum Gasteiger partial charge on any atom is 0.330 e. The molecule has 0 fully saturated rings. The summed E-state index contributed by atoms with van der Waals surface area (Å²) in [7, 11) is 0. The summed E-state index contributed by atoms with van der Waals surface area (Å²) < 4.78 is 1.56. The van der Waals surface area contributed by atoms with E-state index in [1.54, 1.807) is 52.4 Å². The van der Waals surface area contributed by atoms with Gasteiger partial charge in [-0.05, 0) is 44.2 Å². The number of imidazole rings is 1. The van der Waals surface area contributed by atoms with Gasteiger partial charge in [-0.2, -0.15) is 0 Å². The number of amides is 1. The molecule has 0 unspecified atom stereocenters. The lowest BCUT2D eigenvalue weighted by molar-refractivity contribution is 0.102. The van der Waals surface area contributed by atoms with E-state index in [0.717, 1.165) is 22.0 Å². The molecule has 0 bridgehead atoms. The summed E-state index contributed by atoms with van der Waals surface area (Å²) in [6.45, 7) is 3.80. The predicted molar refractivity (Wildman–Crippen MR) is 111 cm³/mol. The number of carbonyl (C=O) groups excluding carboxylic acids is 1. The molecule has 4 rings (SSSR count).